The summed E-state index contributed by atoms with van der Waals surface area (Å²) in [6, 6.07) is 10.5. The highest BCUT2D eigenvalue weighted by atomic mass is 32.1. The molecular weight excluding hydrogens is 344 g/mol. The van der Waals surface area contributed by atoms with Gasteiger partial charge in [0.1, 0.15) is 16.6 Å². The van der Waals surface area contributed by atoms with Crippen LogP contribution in [0.2, 0.25) is 0 Å². The van der Waals surface area contributed by atoms with Crippen molar-refractivity contribution in [2.45, 2.75) is 25.8 Å². The standard InChI is InChI=1S/C20H24N4OS/c1-2-23-10-6-9-15(23)11-24-12-17(25)18(19(24)21)20-22-16(13-26-20)14-7-4-3-5-8-14/h3-5,7-8,13,15,21,25H,2,6,9-12H2,1H3. The quantitative estimate of drug-likeness (QED) is 0.841. The average molecular weight is 369 g/mol. The van der Waals surface area contributed by atoms with E-state index < -0.39 is 0 Å². The van der Waals surface area contributed by atoms with Gasteiger partial charge in [0.05, 0.1) is 17.8 Å². The molecule has 0 radical (unpaired) electrons. The molecule has 1 saturated heterocycles. The van der Waals surface area contributed by atoms with Crippen LogP contribution >= 0.6 is 11.3 Å². The lowest BCUT2D eigenvalue weighted by Crippen LogP contribution is -2.41. The van der Waals surface area contributed by atoms with Crippen molar-refractivity contribution in [3.05, 3.63) is 46.5 Å². The van der Waals surface area contributed by atoms with Gasteiger partial charge in [-0.25, -0.2) is 4.98 Å². The molecule has 1 atom stereocenters. The van der Waals surface area contributed by atoms with Crippen molar-refractivity contribution in [1.29, 1.82) is 5.41 Å². The van der Waals surface area contributed by atoms with E-state index in [4.69, 9.17) is 5.41 Å². The molecule has 0 bridgehead atoms. The normalized spacial score (nSPS) is 21.2. The second kappa shape index (κ2) is 7.21. The maximum atomic E-state index is 10.5. The highest BCUT2D eigenvalue weighted by molar-refractivity contribution is 7.11. The van der Waals surface area contributed by atoms with E-state index in [1.54, 1.807) is 0 Å². The fourth-order valence-corrected chi connectivity index (χ4v) is 4.81. The van der Waals surface area contributed by atoms with Crippen LogP contribution in [0, 0.1) is 5.41 Å². The van der Waals surface area contributed by atoms with Gasteiger partial charge in [-0.15, -0.1) is 11.3 Å². The Morgan fingerprint density at radius 2 is 2.12 bits per heavy atom. The first-order chi connectivity index (χ1) is 12.7. The molecule has 0 amide bonds. The zero-order valence-electron chi connectivity index (χ0n) is 15.0. The summed E-state index contributed by atoms with van der Waals surface area (Å²) in [6.45, 7) is 5.60. The van der Waals surface area contributed by atoms with Gasteiger partial charge in [-0.3, -0.25) is 10.3 Å². The molecule has 3 heterocycles. The van der Waals surface area contributed by atoms with Gasteiger partial charge in [-0.2, -0.15) is 0 Å². The second-order valence-electron chi connectivity index (χ2n) is 6.88. The Hall–Kier alpha value is -2.18. The third kappa shape index (κ3) is 3.15. The monoisotopic (exact) mass is 368 g/mol. The van der Waals surface area contributed by atoms with Gasteiger partial charge >= 0.3 is 0 Å². The highest BCUT2D eigenvalue weighted by Gasteiger charge is 2.33. The van der Waals surface area contributed by atoms with Gasteiger partial charge in [0, 0.05) is 23.5 Å². The molecule has 136 valence electrons. The van der Waals surface area contributed by atoms with E-state index in [0.29, 0.717) is 24.0 Å². The van der Waals surface area contributed by atoms with Crippen LogP contribution in [0.5, 0.6) is 0 Å². The van der Waals surface area contributed by atoms with Crippen molar-refractivity contribution in [1.82, 2.24) is 14.8 Å². The van der Waals surface area contributed by atoms with E-state index in [2.05, 4.69) is 16.8 Å². The Morgan fingerprint density at radius 3 is 2.88 bits per heavy atom. The third-order valence-corrected chi connectivity index (χ3v) is 6.17. The van der Waals surface area contributed by atoms with Crippen molar-refractivity contribution in [3.8, 4) is 11.3 Å². The molecule has 0 aliphatic carbocycles. The molecule has 2 aliphatic rings. The van der Waals surface area contributed by atoms with Gasteiger partial charge in [0.15, 0.2) is 0 Å². The predicted molar refractivity (Wildman–Crippen MR) is 107 cm³/mol. The molecule has 2 N–H and O–H groups in total. The molecule has 4 rings (SSSR count). The van der Waals surface area contributed by atoms with Crippen LogP contribution < -0.4 is 0 Å². The number of amidine groups is 1. The molecular formula is C20H24N4OS. The smallest absolute Gasteiger partial charge is 0.135 e. The summed E-state index contributed by atoms with van der Waals surface area (Å²) in [4.78, 5) is 9.15. The molecule has 0 saturated carbocycles. The topological polar surface area (TPSA) is 63.5 Å². The largest absolute Gasteiger partial charge is 0.510 e. The van der Waals surface area contributed by atoms with Crippen molar-refractivity contribution in [2.24, 2.45) is 0 Å². The average Bonchev–Trinajstić information content (AvgIpc) is 3.36. The number of aliphatic hydroxyl groups is 1. The minimum atomic E-state index is 0.269. The first-order valence-corrected chi connectivity index (χ1v) is 10.1. The van der Waals surface area contributed by atoms with Gasteiger partial charge in [-0.1, -0.05) is 37.3 Å². The minimum Gasteiger partial charge on any atom is -0.510 e. The van der Waals surface area contributed by atoms with E-state index in [9.17, 15) is 5.11 Å². The fourth-order valence-electron chi connectivity index (χ4n) is 3.92. The maximum absolute atomic E-state index is 10.5. The molecule has 1 unspecified atom stereocenters. The first-order valence-electron chi connectivity index (χ1n) is 9.18. The molecule has 2 aromatic rings. The Kier molecular flexibility index (Phi) is 4.78. The summed E-state index contributed by atoms with van der Waals surface area (Å²) in [6.07, 6.45) is 2.39. The van der Waals surface area contributed by atoms with Crippen LogP contribution in [0.25, 0.3) is 16.8 Å². The minimum absolute atomic E-state index is 0.269. The second-order valence-corrected chi connectivity index (χ2v) is 7.74. The number of nitrogens with one attached hydrogen (secondary N) is 1. The first kappa shape index (κ1) is 17.2. The number of rotatable bonds is 5. The van der Waals surface area contributed by atoms with Gasteiger partial charge in [0.25, 0.3) is 0 Å². The number of hydrogen-bond donors (Lipinski definition) is 2. The Balaban J connectivity index is 1.52. The summed E-state index contributed by atoms with van der Waals surface area (Å²) in [7, 11) is 0. The van der Waals surface area contributed by atoms with Crippen molar-refractivity contribution < 1.29 is 5.11 Å². The Bertz CT molecular complexity index is 829. The molecule has 2 aliphatic heterocycles. The maximum Gasteiger partial charge on any atom is 0.135 e. The summed E-state index contributed by atoms with van der Waals surface area (Å²) >= 11 is 1.49. The van der Waals surface area contributed by atoms with Gasteiger partial charge in [-0.05, 0) is 25.9 Å². The van der Waals surface area contributed by atoms with Crippen LogP contribution in [-0.4, -0.2) is 57.9 Å². The molecule has 0 spiro atoms. The Morgan fingerprint density at radius 1 is 1.31 bits per heavy atom. The molecule has 26 heavy (non-hydrogen) atoms. The summed E-state index contributed by atoms with van der Waals surface area (Å²) in [5.41, 5.74) is 2.55. The van der Waals surface area contributed by atoms with E-state index >= 15 is 0 Å². The number of aromatic nitrogens is 1. The SMILES string of the molecule is CCN1CCCC1CN1CC(O)=C(c2nc(-c3ccccc3)cs2)C1=N. The van der Waals surface area contributed by atoms with Gasteiger partial charge in [0.2, 0.25) is 0 Å². The Labute approximate surface area is 158 Å². The number of thiazole rings is 1. The van der Waals surface area contributed by atoms with E-state index in [0.717, 1.165) is 35.9 Å². The zero-order chi connectivity index (χ0) is 18.1. The lowest BCUT2D eigenvalue weighted by Gasteiger charge is -2.28. The van der Waals surface area contributed by atoms with Crippen molar-refractivity contribution in [3.63, 3.8) is 0 Å². The van der Waals surface area contributed by atoms with E-state index in [-0.39, 0.29) is 5.76 Å². The molecule has 1 aromatic heterocycles. The molecule has 5 nitrogen and oxygen atoms in total. The lowest BCUT2D eigenvalue weighted by molar-refractivity contribution is 0.222. The van der Waals surface area contributed by atoms with Crippen molar-refractivity contribution >= 4 is 22.7 Å². The highest BCUT2D eigenvalue weighted by Crippen LogP contribution is 2.33. The number of benzene rings is 1. The van der Waals surface area contributed by atoms with E-state index in [1.807, 2.05) is 40.6 Å². The number of likely N-dealkylation sites (N-methyl/N-ethyl adjacent to an activating group) is 1. The van der Waals surface area contributed by atoms with Crippen LogP contribution in [0.3, 0.4) is 0 Å². The van der Waals surface area contributed by atoms with Crippen LogP contribution in [0.15, 0.2) is 41.5 Å². The molecule has 6 heteroatoms. The molecule has 1 fully saturated rings. The predicted octanol–water partition coefficient (Wildman–Crippen LogP) is 3.86. The zero-order valence-corrected chi connectivity index (χ0v) is 15.8. The summed E-state index contributed by atoms with van der Waals surface area (Å²) in [5, 5.41) is 21.8. The summed E-state index contributed by atoms with van der Waals surface area (Å²) in [5.74, 6) is 0.671. The number of aliphatic hydroxyl groups excluding tert-OH is 1. The lowest BCUT2D eigenvalue weighted by atomic mass is 10.2. The number of likely N-dealkylation sites (tertiary alicyclic amines) is 1. The third-order valence-electron chi connectivity index (χ3n) is 5.31. The van der Waals surface area contributed by atoms with Crippen LogP contribution in [0.1, 0.15) is 24.8 Å². The number of hydrogen-bond acceptors (Lipinski definition) is 5. The van der Waals surface area contributed by atoms with Crippen LogP contribution in [0.4, 0.5) is 0 Å². The van der Waals surface area contributed by atoms with Crippen molar-refractivity contribution in [2.75, 3.05) is 26.2 Å². The summed E-state index contributed by atoms with van der Waals surface area (Å²) < 4.78 is 0. The number of nitrogens with zero attached hydrogens (tertiary/aromatic N) is 3. The molecule has 1 aromatic carbocycles. The van der Waals surface area contributed by atoms with Crippen LogP contribution in [-0.2, 0) is 0 Å². The van der Waals surface area contributed by atoms with E-state index in [1.165, 1.54) is 24.2 Å². The van der Waals surface area contributed by atoms with Gasteiger partial charge < -0.3 is 10.0 Å². The fraction of sp³-hybridized carbons (Fsp3) is 0.400.